The van der Waals surface area contributed by atoms with Gasteiger partial charge in [-0.05, 0) is 39.5 Å². The van der Waals surface area contributed by atoms with Gasteiger partial charge in [-0.1, -0.05) is 0 Å². The number of rotatable bonds is 0. The van der Waals surface area contributed by atoms with E-state index in [9.17, 15) is 4.79 Å². The molecular weight excluding hydrogens is 204 g/mol. The van der Waals surface area contributed by atoms with Crippen LogP contribution in [-0.2, 0) is 4.74 Å². The molecule has 2 rings (SSSR count). The molecule has 16 heavy (non-hydrogen) atoms. The van der Waals surface area contributed by atoms with E-state index in [1.165, 1.54) is 0 Å². The molecule has 2 aliphatic rings. The van der Waals surface area contributed by atoms with Crippen molar-refractivity contribution in [1.82, 2.24) is 4.90 Å². The number of hydrogen-bond acceptors (Lipinski definition) is 3. The zero-order chi connectivity index (χ0) is 11.9. The summed E-state index contributed by atoms with van der Waals surface area (Å²) in [7, 11) is 0. The Bertz CT molecular complexity index is 340. The van der Waals surface area contributed by atoms with Crippen molar-refractivity contribution in [3.05, 3.63) is 0 Å². The predicted octanol–water partition coefficient (Wildman–Crippen LogP) is 2.16. The van der Waals surface area contributed by atoms with Gasteiger partial charge in [0.15, 0.2) is 0 Å². The summed E-state index contributed by atoms with van der Waals surface area (Å²) >= 11 is 0. The minimum absolute atomic E-state index is 0.142. The molecule has 0 aromatic carbocycles. The summed E-state index contributed by atoms with van der Waals surface area (Å²) in [5.41, 5.74) is -0.437. The minimum Gasteiger partial charge on any atom is -0.444 e. The predicted molar refractivity (Wildman–Crippen MR) is 58.6 cm³/mol. The van der Waals surface area contributed by atoms with Crippen LogP contribution in [-0.4, -0.2) is 29.2 Å². The highest BCUT2D eigenvalue weighted by Crippen LogP contribution is 2.42. The van der Waals surface area contributed by atoms with Gasteiger partial charge in [0, 0.05) is 12.6 Å². The number of piperidine rings is 1. The van der Waals surface area contributed by atoms with E-state index in [4.69, 9.17) is 10.00 Å². The molecule has 1 saturated carbocycles. The topological polar surface area (TPSA) is 53.3 Å². The molecule has 1 aliphatic carbocycles. The lowest BCUT2D eigenvalue weighted by atomic mass is 9.96. The maximum atomic E-state index is 11.9. The van der Waals surface area contributed by atoms with Crippen molar-refractivity contribution in [2.75, 3.05) is 6.54 Å². The first-order valence-corrected chi connectivity index (χ1v) is 5.80. The van der Waals surface area contributed by atoms with Gasteiger partial charge in [0.1, 0.15) is 5.60 Å². The molecule has 0 spiro atoms. The maximum absolute atomic E-state index is 11.9. The Morgan fingerprint density at radius 1 is 1.44 bits per heavy atom. The van der Waals surface area contributed by atoms with Crippen molar-refractivity contribution in [3.63, 3.8) is 0 Å². The highest BCUT2D eigenvalue weighted by atomic mass is 16.6. The van der Waals surface area contributed by atoms with Gasteiger partial charge in [-0.25, -0.2) is 4.79 Å². The van der Waals surface area contributed by atoms with Crippen LogP contribution >= 0.6 is 0 Å². The van der Waals surface area contributed by atoms with Gasteiger partial charge in [0.05, 0.1) is 12.0 Å². The van der Waals surface area contributed by atoms with Gasteiger partial charge in [0.25, 0.3) is 0 Å². The highest BCUT2D eigenvalue weighted by Gasteiger charge is 2.47. The van der Waals surface area contributed by atoms with Gasteiger partial charge < -0.3 is 9.64 Å². The number of hydrogen-bond donors (Lipinski definition) is 0. The molecule has 2 bridgehead atoms. The molecule has 88 valence electrons. The van der Waals surface area contributed by atoms with Crippen molar-refractivity contribution in [2.45, 2.75) is 45.3 Å². The lowest BCUT2D eigenvalue weighted by Crippen LogP contribution is -2.42. The summed E-state index contributed by atoms with van der Waals surface area (Å²) < 4.78 is 5.35. The Balaban J connectivity index is 1.96. The first kappa shape index (κ1) is 11.3. The third-order valence-corrected chi connectivity index (χ3v) is 3.34. The molecule has 1 heterocycles. The highest BCUT2D eigenvalue weighted by molar-refractivity contribution is 5.69. The van der Waals surface area contributed by atoms with E-state index >= 15 is 0 Å². The molecule has 0 N–H and O–H groups in total. The zero-order valence-electron chi connectivity index (χ0n) is 10.1. The van der Waals surface area contributed by atoms with Crippen LogP contribution in [0.15, 0.2) is 0 Å². The summed E-state index contributed by atoms with van der Waals surface area (Å²) in [5, 5.41) is 8.91. The molecule has 4 nitrogen and oxygen atoms in total. The monoisotopic (exact) mass is 222 g/mol. The summed E-state index contributed by atoms with van der Waals surface area (Å²) in [6.07, 6.45) is 1.56. The van der Waals surface area contributed by atoms with Gasteiger partial charge >= 0.3 is 6.09 Å². The average molecular weight is 222 g/mol. The fraction of sp³-hybridized carbons (Fsp3) is 0.833. The van der Waals surface area contributed by atoms with E-state index in [2.05, 4.69) is 6.07 Å². The summed E-state index contributed by atoms with van der Waals surface area (Å²) in [5.74, 6) is 0.506. The lowest BCUT2D eigenvalue weighted by Gasteiger charge is -2.31. The lowest BCUT2D eigenvalue weighted by molar-refractivity contribution is 0.0175. The maximum Gasteiger partial charge on any atom is 0.410 e. The molecule has 0 radical (unpaired) electrons. The van der Waals surface area contributed by atoms with E-state index in [0.29, 0.717) is 12.5 Å². The molecule has 2 fully saturated rings. The van der Waals surface area contributed by atoms with Gasteiger partial charge in [-0.2, -0.15) is 5.26 Å². The van der Waals surface area contributed by atoms with Crippen LogP contribution in [0, 0.1) is 23.2 Å². The molecule has 0 unspecified atom stereocenters. The Morgan fingerprint density at radius 2 is 2.12 bits per heavy atom. The van der Waals surface area contributed by atoms with Crippen molar-refractivity contribution in [3.8, 4) is 6.07 Å². The van der Waals surface area contributed by atoms with Crippen LogP contribution in [0.3, 0.4) is 0 Å². The second-order valence-corrected chi connectivity index (χ2v) is 5.75. The van der Waals surface area contributed by atoms with Crippen molar-refractivity contribution in [1.29, 1.82) is 5.26 Å². The van der Waals surface area contributed by atoms with Gasteiger partial charge in [-0.3, -0.25) is 0 Å². The molecule has 4 heteroatoms. The van der Waals surface area contributed by atoms with Crippen LogP contribution in [0.1, 0.15) is 33.6 Å². The quantitative estimate of drug-likeness (QED) is 0.631. The van der Waals surface area contributed by atoms with Crippen molar-refractivity contribution in [2.24, 2.45) is 11.8 Å². The summed E-state index contributed by atoms with van der Waals surface area (Å²) in [4.78, 5) is 13.7. The van der Waals surface area contributed by atoms with E-state index in [0.717, 1.165) is 12.8 Å². The Labute approximate surface area is 96.2 Å². The van der Waals surface area contributed by atoms with E-state index < -0.39 is 5.60 Å². The minimum atomic E-state index is -0.437. The van der Waals surface area contributed by atoms with Crippen LogP contribution in [0.4, 0.5) is 4.79 Å². The Kier molecular flexibility index (Phi) is 2.57. The molecule has 1 amide bonds. The van der Waals surface area contributed by atoms with Crippen molar-refractivity contribution >= 4 is 6.09 Å². The fourth-order valence-electron chi connectivity index (χ4n) is 2.66. The number of carbonyl (C=O) groups is 1. The van der Waals surface area contributed by atoms with Crippen molar-refractivity contribution < 1.29 is 9.53 Å². The number of carbonyl (C=O) groups excluding carboxylic acids is 1. The first-order valence-electron chi connectivity index (χ1n) is 5.80. The molecule has 1 saturated heterocycles. The van der Waals surface area contributed by atoms with Crippen LogP contribution in [0.25, 0.3) is 0 Å². The normalized spacial score (nSPS) is 32.6. The van der Waals surface area contributed by atoms with Crippen LogP contribution in [0.2, 0.25) is 0 Å². The largest absolute Gasteiger partial charge is 0.444 e. The first-order chi connectivity index (χ1) is 7.40. The van der Waals surface area contributed by atoms with E-state index in [1.807, 2.05) is 20.8 Å². The fourth-order valence-corrected chi connectivity index (χ4v) is 2.66. The number of nitrogens with zero attached hydrogens (tertiary/aromatic N) is 2. The number of likely N-dealkylation sites (tertiary alicyclic amines) is 1. The Hall–Kier alpha value is -1.24. The number of nitriles is 1. The molecule has 3 atom stereocenters. The van der Waals surface area contributed by atoms with Crippen LogP contribution in [0.5, 0.6) is 0 Å². The SMILES string of the molecule is CC(C)(C)OC(=O)N1C[C@H]2C[C@@H]1C[C@H]2C#N. The summed E-state index contributed by atoms with van der Waals surface area (Å²) in [6, 6.07) is 2.55. The second-order valence-electron chi connectivity index (χ2n) is 5.75. The zero-order valence-corrected chi connectivity index (χ0v) is 10.1. The molecule has 0 aromatic rings. The van der Waals surface area contributed by atoms with Gasteiger partial charge in [0.2, 0.25) is 0 Å². The molecular formula is C12H18N2O2. The standard InChI is InChI=1S/C12H18N2O2/c1-12(2,3)16-11(15)14-7-9-5-10(14)4-8(9)6-13/h8-10H,4-5,7H2,1-3H3/t8-,9+,10-/m0/s1. The number of fused-ring (bicyclic) bond motifs is 2. The number of amides is 1. The second kappa shape index (κ2) is 3.65. The third-order valence-electron chi connectivity index (χ3n) is 3.34. The summed E-state index contributed by atoms with van der Waals surface area (Å²) in [6.45, 7) is 6.31. The van der Waals surface area contributed by atoms with E-state index in [1.54, 1.807) is 4.90 Å². The van der Waals surface area contributed by atoms with Crippen LogP contribution < -0.4 is 0 Å². The molecule has 1 aliphatic heterocycles. The average Bonchev–Trinajstić information content (AvgIpc) is 2.72. The third kappa shape index (κ3) is 1.99. The molecule has 0 aromatic heterocycles. The number of ether oxygens (including phenoxy) is 1. The van der Waals surface area contributed by atoms with Gasteiger partial charge in [-0.15, -0.1) is 0 Å². The van der Waals surface area contributed by atoms with E-state index in [-0.39, 0.29) is 18.1 Å². The Morgan fingerprint density at radius 3 is 2.56 bits per heavy atom. The smallest absolute Gasteiger partial charge is 0.410 e.